The molecule has 2 amide bonds. The first-order valence-corrected chi connectivity index (χ1v) is 11.6. The molecule has 0 aliphatic heterocycles. The number of hydrogen-bond acceptors (Lipinski definition) is 6. The van der Waals surface area contributed by atoms with Crippen molar-refractivity contribution in [3.63, 3.8) is 0 Å². The van der Waals surface area contributed by atoms with Crippen LogP contribution in [0, 0.1) is 5.92 Å². The summed E-state index contributed by atoms with van der Waals surface area (Å²) in [5.41, 5.74) is 0.629. The molecule has 11 heteroatoms. The number of hydrogen-bond donors (Lipinski definition) is 3. The number of anilines is 1. The van der Waals surface area contributed by atoms with Crippen molar-refractivity contribution in [2.75, 3.05) is 11.9 Å². The van der Waals surface area contributed by atoms with Crippen molar-refractivity contribution in [1.82, 2.24) is 5.32 Å². The Balaban J connectivity index is 1.96. The first kappa shape index (κ1) is 25.3. The smallest absolute Gasteiger partial charge is 0.329 e. The van der Waals surface area contributed by atoms with Crippen LogP contribution in [-0.2, 0) is 24.3 Å². The highest BCUT2D eigenvalue weighted by molar-refractivity contribution is 7.89. The number of sulfonamides is 1. The Labute approximate surface area is 191 Å². The van der Waals surface area contributed by atoms with E-state index in [1.165, 1.54) is 36.4 Å². The quantitative estimate of drug-likeness (QED) is 0.468. The maximum Gasteiger partial charge on any atom is 0.329 e. The van der Waals surface area contributed by atoms with Crippen LogP contribution in [0.1, 0.15) is 30.6 Å². The highest BCUT2D eigenvalue weighted by Gasteiger charge is 2.28. The SMILES string of the molecule is CC[C@H](C)[C@H](NC(=O)c1ccc(Cl)cc1)C(=O)OCC(=O)Nc1ccc(S(N)(=O)=O)cc1. The number of amides is 2. The summed E-state index contributed by atoms with van der Waals surface area (Å²) in [6.07, 6.45) is 0.587. The Hall–Kier alpha value is -2.95. The molecule has 0 fully saturated rings. The van der Waals surface area contributed by atoms with Crippen LogP contribution in [-0.4, -0.2) is 38.9 Å². The van der Waals surface area contributed by atoms with Crippen LogP contribution in [0.4, 0.5) is 5.69 Å². The summed E-state index contributed by atoms with van der Waals surface area (Å²) >= 11 is 5.83. The fraction of sp³-hybridized carbons (Fsp3) is 0.286. The molecule has 2 rings (SSSR count). The third-order valence-electron chi connectivity index (χ3n) is 4.67. The highest BCUT2D eigenvalue weighted by Crippen LogP contribution is 2.14. The molecule has 9 nitrogen and oxygen atoms in total. The van der Waals surface area contributed by atoms with Gasteiger partial charge < -0.3 is 15.4 Å². The molecule has 0 unspecified atom stereocenters. The second-order valence-electron chi connectivity index (χ2n) is 7.07. The highest BCUT2D eigenvalue weighted by atomic mass is 35.5. The van der Waals surface area contributed by atoms with Gasteiger partial charge in [0.15, 0.2) is 6.61 Å². The van der Waals surface area contributed by atoms with Crippen LogP contribution in [0.3, 0.4) is 0 Å². The van der Waals surface area contributed by atoms with Crippen molar-refractivity contribution < 1.29 is 27.5 Å². The second kappa shape index (κ2) is 11.1. The Bertz CT molecular complexity index is 1070. The molecule has 0 aliphatic rings. The zero-order chi connectivity index (χ0) is 23.9. The van der Waals surface area contributed by atoms with E-state index < -0.39 is 40.5 Å². The van der Waals surface area contributed by atoms with Crippen LogP contribution >= 0.6 is 11.6 Å². The fourth-order valence-corrected chi connectivity index (χ4v) is 3.29. The Morgan fingerprint density at radius 3 is 2.19 bits per heavy atom. The minimum Gasteiger partial charge on any atom is -0.454 e. The van der Waals surface area contributed by atoms with E-state index in [-0.39, 0.29) is 10.8 Å². The van der Waals surface area contributed by atoms with E-state index in [2.05, 4.69) is 10.6 Å². The van der Waals surface area contributed by atoms with Gasteiger partial charge in [0, 0.05) is 16.3 Å². The standard InChI is InChI=1S/C21H24ClN3O6S/c1-3-13(2)19(25-20(27)14-4-6-15(22)7-5-14)21(28)31-12-18(26)24-16-8-10-17(11-9-16)32(23,29)30/h4-11,13,19H,3,12H2,1-2H3,(H,24,26)(H,25,27)(H2,23,29,30)/t13-,19-/m0/s1. The number of nitrogens with one attached hydrogen (secondary N) is 2. The van der Waals surface area contributed by atoms with Gasteiger partial charge in [-0.15, -0.1) is 0 Å². The minimum atomic E-state index is -3.85. The molecular formula is C21H24ClN3O6S. The molecule has 32 heavy (non-hydrogen) atoms. The monoisotopic (exact) mass is 481 g/mol. The summed E-state index contributed by atoms with van der Waals surface area (Å²) in [5, 5.41) is 10.6. The summed E-state index contributed by atoms with van der Waals surface area (Å²) in [5.74, 6) is -2.09. The maximum atomic E-state index is 12.6. The molecule has 0 aliphatic carbocycles. The third-order valence-corrected chi connectivity index (χ3v) is 5.85. The van der Waals surface area contributed by atoms with Gasteiger partial charge in [-0.1, -0.05) is 31.9 Å². The van der Waals surface area contributed by atoms with E-state index in [4.69, 9.17) is 21.5 Å². The average Bonchev–Trinajstić information content (AvgIpc) is 2.75. The van der Waals surface area contributed by atoms with Gasteiger partial charge in [0.1, 0.15) is 6.04 Å². The molecule has 2 aromatic rings. The molecule has 0 saturated carbocycles. The minimum absolute atomic E-state index is 0.102. The van der Waals surface area contributed by atoms with Crippen molar-refractivity contribution in [1.29, 1.82) is 0 Å². The van der Waals surface area contributed by atoms with Gasteiger partial charge in [-0.25, -0.2) is 18.4 Å². The summed E-state index contributed by atoms with van der Waals surface area (Å²) in [6.45, 7) is 3.05. The Morgan fingerprint density at radius 1 is 1.06 bits per heavy atom. The first-order chi connectivity index (χ1) is 15.0. The van der Waals surface area contributed by atoms with Gasteiger partial charge in [-0.2, -0.15) is 0 Å². The summed E-state index contributed by atoms with van der Waals surface area (Å²) in [4.78, 5) is 37.0. The average molecular weight is 482 g/mol. The lowest BCUT2D eigenvalue weighted by molar-refractivity contribution is -0.150. The largest absolute Gasteiger partial charge is 0.454 e. The van der Waals surface area contributed by atoms with Gasteiger partial charge >= 0.3 is 5.97 Å². The van der Waals surface area contributed by atoms with Crippen LogP contribution < -0.4 is 15.8 Å². The normalized spacial score (nSPS) is 13.0. The predicted octanol–water partition coefficient (Wildman–Crippen LogP) is 2.31. The van der Waals surface area contributed by atoms with Gasteiger partial charge in [0.2, 0.25) is 10.0 Å². The van der Waals surface area contributed by atoms with E-state index in [1.54, 1.807) is 19.1 Å². The molecule has 2 atom stereocenters. The summed E-state index contributed by atoms with van der Waals surface area (Å²) in [6, 6.07) is 10.4. The molecule has 2 aromatic carbocycles. The molecule has 0 heterocycles. The zero-order valence-corrected chi connectivity index (χ0v) is 19.1. The second-order valence-corrected chi connectivity index (χ2v) is 9.07. The fourth-order valence-electron chi connectivity index (χ4n) is 2.65. The van der Waals surface area contributed by atoms with E-state index in [0.29, 0.717) is 22.7 Å². The molecule has 172 valence electrons. The lowest BCUT2D eigenvalue weighted by atomic mass is 9.99. The number of ether oxygens (including phenoxy) is 1. The number of halogens is 1. The molecule has 4 N–H and O–H groups in total. The molecule has 0 saturated heterocycles. The van der Waals surface area contributed by atoms with E-state index in [1.807, 2.05) is 6.92 Å². The topological polar surface area (TPSA) is 145 Å². The van der Waals surface area contributed by atoms with Gasteiger partial charge in [0.25, 0.3) is 11.8 Å². The van der Waals surface area contributed by atoms with Crippen LogP contribution in [0.25, 0.3) is 0 Å². The third kappa shape index (κ3) is 7.33. The van der Waals surface area contributed by atoms with Crippen molar-refractivity contribution in [3.05, 3.63) is 59.1 Å². The van der Waals surface area contributed by atoms with Crippen LogP contribution in [0.5, 0.6) is 0 Å². The van der Waals surface area contributed by atoms with Crippen LogP contribution in [0.15, 0.2) is 53.4 Å². The molecular weight excluding hydrogens is 458 g/mol. The number of benzene rings is 2. The maximum absolute atomic E-state index is 12.6. The van der Waals surface area contributed by atoms with Gasteiger partial charge in [0.05, 0.1) is 4.90 Å². The Morgan fingerprint density at radius 2 is 1.66 bits per heavy atom. The van der Waals surface area contributed by atoms with Crippen molar-refractivity contribution in [2.45, 2.75) is 31.2 Å². The van der Waals surface area contributed by atoms with Crippen molar-refractivity contribution in [2.24, 2.45) is 11.1 Å². The van der Waals surface area contributed by atoms with Gasteiger partial charge in [-0.3, -0.25) is 9.59 Å². The number of nitrogens with two attached hydrogens (primary N) is 1. The lowest BCUT2D eigenvalue weighted by Crippen LogP contribution is -2.46. The summed E-state index contributed by atoms with van der Waals surface area (Å²) < 4.78 is 27.6. The lowest BCUT2D eigenvalue weighted by Gasteiger charge is -2.22. The van der Waals surface area contributed by atoms with E-state index >= 15 is 0 Å². The molecule has 0 spiro atoms. The predicted molar refractivity (Wildman–Crippen MR) is 120 cm³/mol. The van der Waals surface area contributed by atoms with E-state index in [0.717, 1.165) is 0 Å². The number of carbonyl (C=O) groups is 3. The first-order valence-electron chi connectivity index (χ1n) is 9.67. The number of rotatable bonds is 9. The molecule has 0 aromatic heterocycles. The zero-order valence-electron chi connectivity index (χ0n) is 17.5. The number of esters is 1. The molecule has 0 bridgehead atoms. The van der Waals surface area contributed by atoms with Crippen LogP contribution in [0.2, 0.25) is 5.02 Å². The van der Waals surface area contributed by atoms with Crippen molar-refractivity contribution >= 4 is 45.1 Å². The Kier molecular flexibility index (Phi) is 8.76. The number of primary sulfonamides is 1. The number of carbonyl (C=O) groups excluding carboxylic acids is 3. The summed E-state index contributed by atoms with van der Waals surface area (Å²) in [7, 11) is -3.85. The van der Waals surface area contributed by atoms with Gasteiger partial charge in [-0.05, 0) is 54.4 Å². The van der Waals surface area contributed by atoms with E-state index in [9.17, 15) is 22.8 Å². The van der Waals surface area contributed by atoms with Crippen molar-refractivity contribution in [3.8, 4) is 0 Å². The molecule has 0 radical (unpaired) electrons.